The lowest BCUT2D eigenvalue weighted by Crippen LogP contribution is -2.68. The van der Waals surface area contributed by atoms with E-state index in [2.05, 4.69) is 0 Å². The van der Waals surface area contributed by atoms with Gasteiger partial charge in [-0.15, -0.1) is 11.8 Å². The molecule has 2 saturated heterocycles. The standard InChI is InChI=1S/C20H18F3N3O4S.C2HF3O2/c21-20(22,23)13-3-1-10(2-4-13)8-25-6-5-11(16(25)27)7-12-9-31-18-14(24)17(28)26(18)15(12)19(29)30;3-2(4,5)1(6)7/h1-4,7,14,18H,5-6,8-9,24H2,(H,29,30);(H,6,7)/b11-7+;/t14-,18-;/m1./s1. The summed E-state index contributed by atoms with van der Waals surface area (Å²) in [4.78, 5) is 48.1. The molecule has 0 spiro atoms. The monoisotopic (exact) mass is 567 g/mol. The molecule has 1 aromatic rings. The topological polar surface area (TPSA) is 141 Å². The van der Waals surface area contributed by atoms with E-state index >= 15 is 0 Å². The summed E-state index contributed by atoms with van der Waals surface area (Å²) >= 11 is 1.34. The molecule has 9 nitrogen and oxygen atoms in total. The highest BCUT2D eigenvalue weighted by molar-refractivity contribution is 8.00. The smallest absolute Gasteiger partial charge is 0.477 e. The molecule has 3 aliphatic heterocycles. The van der Waals surface area contributed by atoms with Crippen LogP contribution in [-0.4, -0.2) is 73.7 Å². The van der Waals surface area contributed by atoms with Crippen molar-refractivity contribution in [3.8, 4) is 0 Å². The lowest BCUT2D eigenvalue weighted by molar-refractivity contribution is -0.192. The van der Waals surface area contributed by atoms with Gasteiger partial charge in [-0.1, -0.05) is 12.1 Å². The third-order valence-corrected chi connectivity index (χ3v) is 7.02. The summed E-state index contributed by atoms with van der Waals surface area (Å²) in [6.07, 6.45) is -7.62. The van der Waals surface area contributed by atoms with Crippen molar-refractivity contribution < 1.29 is 55.7 Å². The first kappa shape index (κ1) is 29.0. The number of rotatable bonds is 4. The molecule has 1 aromatic carbocycles. The Kier molecular flexibility index (Phi) is 8.16. The Bertz CT molecular complexity index is 1210. The van der Waals surface area contributed by atoms with Gasteiger partial charge < -0.3 is 20.8 Å². The first-order valence-corrected chi connectivity index (χ1v) is 11.7. The van der Waals surface area contributed by atoms with Crippen molar-refractivity contribution in [1.82, 2.24) is 9.80 Å². The Hall–Kier alpha value is -3.53. The Morgan fingerprint density at radius 3 is 2.16 bits per heavy atom. The number of halogens is 6. The number of hydrogen-bond donors (Lipinski definition) is 3. The minimum absolute atomic E-state index is 0.148. The van der Waals surface area contributed by atoms with E-state index < -0.39 is 47.2 Å². The SMILES string of the molecule is N[C@@H]1C(=O)N2C(C(=O)O)=C(/C=C3\CCN(Cc4ccc(C(F)(F)F)cc4)C3=O)CS[C@H]12.O=C(O)C(F)(F)F. The number of likely N-dealkylation sites (tertiary alicyclic amines) is 1. The van der Waals surface area contributed by atoms with Crippen molar-refractivity contribution in [1.29, 1.82) is 0 Å². The molecule has 0 unspecified atom stereocenters. The minimum Gasteiger partial charge on any atom is -0.477 e. The number of alkyl halides is 6. The maximum absolute atomic E-state index is 12.8. The molecule has 0 saturated carbocycles. The lowest BCUT2D eigenvalue weighted by Gasteiger charge is -2.47. The molecule has 0 aromatic heterocycles. The average Bonchev–Trinajstić information content (AvgIpc) is 3.16. The van der Waals surface area contributed by atoms with Crippen LogP contribution in [0.3, 0.4) is 0 Å². The molecule has 0 aliphatic carbocycles. The molecule has 3 heterocycles. The minimum atomic E-state index is -5.08. The zero-order valence-corrected chi connectivity index (χ0v) is 19.9. The largest absolute Gasteiger partial charge is 0.490 e. The van der Waals surface area contributed by atoms with Gasteiger partial charge in [0.05, 0.1) is 5.56 Å². The van der Waals surface area contributed by atoms with E-state index in [1.807, 2.05) is 0 Å². The first-order valence-electron chi connectivity index (χ1n) is 10.6. The summed E-state index contributed by atoms with van der Waals surface area (Å²) < 4.78 is 69.8. The second kappa shape index (κ2) is 10.7. The van der Waals surface area contributed by atoms with Gasteiger partial charge in [0.1, 0.15) is 17.1 Å². The summed E-state index contributed by atoms with van der Waals surface area (Å²) in [6, 6.07) is 3.88. The van der Waals surface area contributed by atoms with E-state index in [1.54, 1.807) is 0 Å². The zero-order chi connectivity index (χ0) is 28.6. The Labute approximate surface area is 214 Å². The molecule has 2 fully saturated rings. The average molecular weight is 567 g/mol. The molecule has 2 atom stereocenters. The highest BCUT2D eigenvalue weighted by Gasteiger charge is 2.51. The van der Waals surface area contributed by atoms with E-state index in [9.17, 15) is 45.8 Å². The number of hydrogen-bond acceptors (Lipinski definition) is 6. The van der Waals surface area contributed by atoms with Crippen LogP contribution in [0.15, 0.2) is 47.2 Å². The molecule has 0 bridgehead atoms. The zero-order valence-electron chi connectivity index (χ0n) is 19.0. The van der Waals surface area contributed by atoms with Crippen LogP contribution < -0.4 is 5.73 Å². The van der Waals surface area contributed by atoms with Crippen LogP contribution in [0.2, 0.25) is 0 Å². The fourth-order valence-electron chi connectivity index (χ4n) is 3.83. The highest BCUT2D eigenvalue weighted by Crippen LogP contribution is 2.40. The number of carboxylic acid groups (broad SMARTS) is 2. The first-order chi connectivity index (χ1) is 17.5. The summed E-state index contributed by atoms with van der Waals surface area (Å²) in [5.41, 5.74) is 6.14. The summed E-state index contributed by atoms with van der Waals surface area (Å²) in [5.74, 6) is -4.49. The van der Waals surface area contributed by atoms with Crippen molar-refractivity contribution in [2.24, 2.45) is 5.73 Å². The van der Waals surface area contributed by atoms with Gasteiger partial charge in [-0.05, 0) is 35.8 Å². The molecule has 4 rings (SSSR count). The second-order valence-corrected chi connectivity index (χ2v) is 9.36. The van der Waals surface area contributed by atoms with Gasteiger partial charge >= 0.3 is 24.3 Å². The van der Waals surface area contributed by atoms with Crippen molar-refractivity contribution in [3.05, 3.63) is 58.3 Å². The highest BCUT2D eigenvalue weighted by atomic mass is 32.2. The van der Waals surface area contributed by atoms with E-state index in [0.29, 0.717) is 35.4 Å². The molecule has 38 heavy (non-hydrogen) atoms. The number of aliphatic carboxylic acids is 2. The van der Waals surface area contributed by atoms with E-state index in [4.69, 9.17) is 15.6 Å². The Morgan fingerprint density at radius 2 is 1.66 bits per heavy atom. The molecule has 2 amide bonds. The predicted octanol–water partition coefficient (Wildman–Crippen LogP) is 2.58. The number of carbonyl (C=O) groups is 4. The van der Waals surface area contributed by atoms with Crippen LogP contribution in [0.1, 0.15) is 17.5 Å². The summed E-state index contributed by atoms with van der Waals surface area (Å²) in [7, 11) is 0. The van der Waals surface area contributed by atoms with E-state index in [-0.39, 0.29) is 18.1 Å². The van der Waals surface area contributed by atoms with Crippen LogP contribution in [0, 0.1) is 0 Å². The molecular weight excluding hydrogens is 548 g/mol. The van der Waals surface area contributed by atoms with Gasteiger partial charge in [-0.25, -0.2) is 9.59 Å². The van der Waals surface area contributed by atoms with Crippen LogP contribution in [0.25, 0.3) is 0 Å². The van der Waals surface area contributed by atoms with Crippen LogP contribution in [0.5, 0.6) is 0 Å². The van der Waals surface area contributed by atoms with Gasteiger partial charge in [0, 0.05) is 24.4 Å². The number of thioether (sulfide) groups is 1. The van der Waals surface area contributed by atoms with Crippen molar-refractivity contribution >= 4 is 35.5 Å². The Balaban J connectivity index is 0.000000505. The number of β-lactam (4-membered cyclic amide) rings is 1. The maximum atomic E-state index is 12.8. The number of nitrogens with two attached hydrogens (primary N) is 1. The van der Waals surface area contributed by atoms with Gasteiger partial charge in [-0.3, -0.25) is 14.5 Å². The number of fused-ring (bicyclic) bond motifs is 1. The van der Waals surface area contributed by atoms with Gasteiger partial charge in [0.25, 0.3) is 0 Å². The maximum Gasteiger partial charge on any atom is 0.490 e. The quantitative estimate of drug-likeness (QED) is 0.287. The molecule has 16 heteroatoms. The summed E-state index contributed by atoms with van der Waals surface area (Å²) in [6.45, 7) is 0.514. The van der Waals surface area contributed by atoms with E-state index in [0.717, 1.165) is 17.0 Å². The fraction of sp³-hybridized carbons (Fsp3) is 0.364. The molecule has 4 N–H and O–H groups in total. The van der Waals surface area contributed by atoms with Crippen molar-refractivity contribution in [2.75, 3.05) is 12.3 Å². The van der Waals surface area contributed by atoms with Gasteiger partial charge in [0.2, 0.25) is 11.8 Å². The third kappa shape index (κ3) is 6.12. The predicted molar refractivity (Wildman–Crippen MR) is 119 cm³/mol. The number of amides is 2. The van der Waals surface area contributed by atoms with Crippen LogP contribution >= 0.6 is 11.8 Å². The number of carbonyl (C=O) groups excluding carboxylic acids is 2. The second-order valence-electron chi connectivity index (χ2n) is 8.26. The van der Waals surface area contributed by atoms with Crippen molar-refractivity contribution in [3.63, 3.8) is 0 Å². The Morgan fingerprint density at radius 1 is 1.08 bits per heavy atom. The van der Waals surface area contributed by atoms with Gasteiger partial charge in [-0.2, -0.15) is 26.3 Å². The van der Waals surface area contributed by atoms with Gasteiger partial charge in [0.15, 0.2) is 0 Å². The third-order valence-electron chi connectivity index (χ3n) is 5.70. The lowest BCUT2D eigenvalue weighted by atomic mass is 10.0. The number of benzene rings is 1. The number of allylic oxidation sites excluding steroid dienone is 1. The van der Waals surface area contributed by atoms with Crippen LogP contribution in [0.4, 0.5) is 26.3 Å². The number of nitrogens with zero attached hydrogens (tertiary/aromatic N) is 2. The van der Waals surface area contributed by atoms with Crippen LogP contribution in [-0.2, 0) is 31.9 Å². The van der Waals surface area contributed by atoms with Crippen molar-refractivity contribution in [2.45, 2.75) is 36.7 Å². The molecule has 206 valence electrons. The molecule has 0 radical (unpaired) electrons. The normalized spacial score (nSPS) is 22.7. The molecular formula is C22H19F6N3O6S. The molecule has 3 aliphatic rings. The summed E-state index contributed by atoms with van der Waals surface area (Å²) in [5, 5.41) is 16.3. The van der Waals surface area contributed by atoms with E-state index in [1.165, 1.54) is 34.9 Å². The number of carboxylic acids is 2. The fourth-order valence-corrected chi connectivity index (χ4v) is 5.08.